The molecule has 1 atom stereocenters. The Morgan fingerprint density at radius 1 is 1.24 bits per heavy atom. The van der Waals surface area contributed by atoms with E-state index in [1.807, 2.05) is 55.5 Å². The number of nitrogens with one attached hydrogen (secondary N) is 1. The summed E-state index contributed by atoms with van der Waals surface area (Å²) in [4.78, 5) is 12.5. The van der Waals surface area contributed by atoms with Crippen LogP contribution in [0.3, 0.4) is 0 Å². The van der Waals surface area contributed by atoms with Crippen molar-refractivity contribution in [2.45, 2.75) is 12.8 Å². The van der Waals surface area contributed by atoms with Gasteiger partial charge in [-0.3, -0.25) is 4.79 Å². The average Bonchev–Trinajstić information content (AvgIpc) is 2.51. The van der Waals surface area contributed by atoms with Gasteiger partial charge in [0.15, 0.2) is 0 Å². The van der Waals surface area contributed by atoms with Crippen LogP contribution in [0.4, 0.5) is 5.69 Å². The lowest BCUT2D eigenvalue weighted by molar-refractivity contribution is -0.117. The van der Waals surface area contributed by atoms with Gasteiger partial charge in [0, 0.05) is 6.54 Å². The van der Waals surface area contributed by atoms with E-state index in [0.717, 1.165) is 11.1 Å². The molecule has 0 aliphatic carbocycles. The van der Waals surface area contributed by atoms with Crippen LogP contribution in [0.25, 0.3) is 0 Å². The molecular formula is C17H20N2O2. The van der Waals surface area contributed by atoms with E-state index in [-0.39, 0.29) is 18.4 Å². The highest BCUT2D eigenvalue weighted by Crippen LogP contribution is 2.26. The summed E-state index contributed by atoms with van der Waals surface area (Å²) in [6, 6.07) is 15.2. The normalized spacial score (nSPS) is 11.8. The van der Waals surface area contributed by atoms with Crippen molar-refractivity contribution in [3.8, 4) is 5.75 Å². The second kappa shape index (κ2) is 6.90. The number of aryl methyl sites for hydroxylation is 1. The number of nitrogens with two attached hydrogens (primary N) is 1. The molecule has 1 amide bonds. The van der Waals surface area contributed by atoms with E-state index in [0.29, 0.717) is 11.4 Å². The van der Waals surface area contributed by atoms with E-state index in [2.05, 4.69) is 5.32 Å². The van der Waals surface area contributed by atoms with E-state index in [4.69, 9.17) is 10.5 Å². The number of hydrogen-bond donors (Lipinski definition) is 2. The lowest BCUT2D eigenvalue weighted by Crippen LogP contribution is -2.27. The number of ether oxygens (including phenoxy) is 1. The number of amides is 1. The fourth-order valence-electron chi connectivity index (χ4n) is 2.20. The van der Waals surface area contributed by atoms with Crippen LogP contribution in [0.15, 0.2) is 48.5 Å². The minimum absolute atomic E-state index is 0.133. The van der Waals surface area contributed by atoms with E-state index in [9.17, 15) is 4.79 Å². The lowest BCUT2D eigenvalue weighted by atomic mass is 9.98. The van der Waals surface area contributed by atoms with Crippen molar-refractivity contribution < 1.29 is 9.53 Å². The molecule has 0 saturated heterocycles. The predicted octanol–water partition coefficient (Wildman–Crippen LogP) is 2.68. The Morgan fingerprint density at radius 3 is 2.57 bits per heavy atom. The minimum atomic E-state index is -0.378. The summed E-state index contributed by atoms with van der Waals surface area (Å²) in [5, 5.41) is 2.89. The molecule has 0 aliphatic rings. The second-order valence-electron chi connectivity index (χ2n) is 4.89. The van der Waals surface area contributed by atoms with Gasteiger partial charge in [0.25, 0.3) is 0 Å². The number of carbonyl (C=O) groups is 1. The van der Waals surface area contributed by atoms with Gasteiger partial charge in [-0.2, -0.15) is 0 Å². The molecule has 2 rings (SSSR count). The molecule has 110 valence electrons. The molecule has 0 radical (unpaired) electrons. The highest BCUT2D eigenvalue weighted by atomic mass is 16.5. The first kappa shape index (κ1) is 15.1. The summed E-state index contributed by atoms with van der Waals surface area (Å²) < 4.78 is 5.30. The summed E-state index contributed by atoms with van der Waals surface area (Å²) in [6.07, 6.45) is 0. The monoisotopic (exact) mass is 284 g/mol. The molecule has 1 unspecified atom stereocenters. The van der Waals surface area contributed by atoms with E-state index in [1.54, 1.807) is 7.11 Å². The van der Waals surface area contributed by atoms with Gasteiger partial charge < -0.3 is 15.8 Å². The highest BCUT2D eigenvalue weighted by Gasteiger charge is 2.20. The molecule has 2 aromatic rings. The molecule has 0 spiro atoms. The third-order valence-corrected chi connectivity index (χ3v) is 3.37. The van der Waals surface area contributed by atoms with Gasteiger partial charge in [-0.15, -0.1) is 0 Å². The van der Waals surface area contributed by atoms with E-state index < -0.39 is 0 Å². The fourth-order valence-corrected chi connectivity index (χ4v) is 2.20. The van der Waals surface area contributed by atoms with Gasteiger partial charge in [0.1, 0.15) is 5.75 Å². The van der Waals surface area contributed by atoms with E-state index >= 15 is 0 Å². The van der Waals surface area contributed by atoms with Crippen molar-refractivity contribution >= 4 is 11.6 Å². The third kappa shape index (κ3) is 3.61. The zero-order chi connectivity index (χ0) is 15.2. The van der Waals surface area contributed by atoms with Crippen LogP contribution in [0.2, 0.25) is 0 Å². The van der Waals surface area contributed by atoms with Crippen LogP contribution in [-0.2, 0) is 4.79 Å². The Balaban J connectivity index is 2.20. The maximum absolute atomic E-state index is 12.5. The number of rotatable bonds is 5. The van der Waals surface area contributed by atoms with Crippen molar-refractivity contribution in [3.05, 3.63) is 59.7 Å². The molecular weight excluding hydrogens is 264 g/mol. The quantitative estimate of drug-likeness (QED) is 0.887. The minimum Gasteiger partial charge on any atom is -0.495 e. The standard InChI is InChI=1S/C17H20N2O2/c1-12-8-9-15(16(10-12)21-2)19-17(20)14(11-18)13-6-4-3-5-7-13/h3-10,14H,11,18H2,1-2H3,(H,19,20). The Kier molecular flexibility index (Phi) is 4.95. The van der Waals surface area contributed by atoms with Crippen molar-refractivity contribution in [1.82, 2.24) is 0 Å². The van der Waals surface area contributed by atoms with Gasteiger partial charge in [-0.1, -0.05) is 36.4 Å². The van der Waals surface area contributed by atoms with Crippen molar-refractivity contribution in [1.29, 1.82) is 0 Å². The number of hydrogen-bond acceptors (Lipinski definition) is 3. The Bertz CT molecular complexity index is 611. The molecule has 0 bridgehead atoms. The summed E-state index contributed by atoms with van der Waals surface area (Å²) in [7, 11) is 1.59. The number of methoxy groups -OCH3 is 1. The maximum atomic E-state index is 12.5. The zero-order valence-corrected chi connectivity index (χ0v) is 12.3. The fraction of sp³-hybridized carbons (Fsp3) is 0.235. The molecule has 0 saturated carbocycles. The second-order valence-corrected chi connectivity index (χ2v) is 4.89. The van der Waals surface area contributed by atoms with Crippen molar-refractivity contribution in [3.63, 3.8) is 0 Å². The predicted molar refractivity (Wildman–Crippen MR) is 84.6 cm³/mol. The lowest BCUT2D eigenvalue weighted by Gasteiger charge is -2.17. The Morgan fingerprint density at radius 2 is 1.95 bits per heavy atom. The van der Waals surface area contributed by atoms with Crippen molar-refractivity contribution in [2.24, 2.45) is 5.73 Å². The Hall–Kier alpha value is -2.33. The highest BCUT2D eigenvalue weighted by molar-refractivity contribution is 5.97. The molecule has 0 heterocycles. The van der Waals surface area contributed by atoms with Crippen LogP contribution >= 0.6 is 0 Å². The average molecular weight is 284 g/mol. The first-order valence-electron chi connectivity index (χ1n) is 6.86. The zero-order valence-electron chi connectivity index (χ0n) is 12.3. The van der Waals surface area contributed by atoms with Crippen LogP contribution in [0.1, 0.15) is 17.0 Å². The first-order chi connectivity index (χ1) is 10.2. The number of carbonyl (C=O) groups excluding carboxylic acids is 1. The molecule has 21 heavy (non-hydrogen) atoms. The summed E-state index contributed by atoms with van der Waals surface area (Å²) in [5.74, 6) is 0.134. The van der Waals surface area contributed by atoms with Gasteiger partial charge in [0.2, 0.25) is 5.91 Å². The summed E-state index contributed by atoms with van der Waals surface area (Å²) in [5.41, 5.74) is 8.40. The van der Waals surface area contributed by atoms with Crippen LogP contribution in [0, 0.1) is 6.92 Å². The molecule has 0 aliphatic heterocycles. The molecule has 0 fully saturated rings. The smallest absolute Gasteiger partial charge is 0.233 e. The van der Waals surface area contributed by atoms with Gasteiger partial charge in [-0.25, -0.2) is 0 Å². The topological polar surface area (TPSA) is 64.3 Å². The van der Waals surface area contributed by atoms with Gasteiger partial charge in [0.05, 0.1) is 18.7 Å². The van der Waals surface area contributed by atoms with Crippen LogP contribution < -0.4 is 15.8 Å². The molecule has 2 aromatic carbocycles. The van der Waals surface area contributed by atoms with E-state index in [1.165, 1.54) is 0 Å². The van der Waals surface area contributed by atoms with Crippen LogP contribution in [0.5, 0.6) is 5.75 Å². The van der Waals surface area contributed by atoms with Gasteiger partial charge in [-0.05, 0) is 30.2 Å². The Labute approximate surface area is 124 Å². The number of anilines is 1. The molecule has 4 heteroatoms. The SMILES string of the molecule is COc1cc(C)ccc1NC(=O)C(CN)c1ccccc1. The third-order valence-electron chi connectivity index (χ3n) is 3.37. The molecule has 0 aromatic heterocycles. The van der Waals surface area contributed by atoms with Crippen molar-refractivity contribution in [2.75, 3.05) is 19.0 Å². The summed E-state index contributed by atoms with van der Waals surface area (Å²) >= 11 is 0. The first-order valence-corrected chi connectivity index (χ1v) is 6.86. The largest absolute Gasteiger partial charge is 0.495 e. The summed E-state index contributed by atoms with van der Waals surface area (Å²) in [6.45, 7) is 2.23. The maximum Gasteiger partial charge on any atom is 0.233 e. The number of benzene rings is 2. The molecule has 3 N–H and O–H groups in total. The van der Waals surface area contributed by atoms with Gasteiger partial charge >= 0.3 is 0 Å². The van der Waals surface area contributed by atoms with Crippen LogP contribution in [-0.4, -0.2) is 19.6 Å². The molecule has 4 nitrogen and oxygen atoms in total.